The molecule has 0 aliphatic heterocycles. The Hall–Kier alpha value is -1.31. The molecular formula is C12H13ClN2O3S2. The van der Waals surface area contributed by atoms with E-state index in [-0.39, 0.29) is 14.4 Å². The van der Waals surface area contributed by atoms with Crippen molar-refractivity contribution in [3.05, 3.63) is 33.4 Å². The molecule has 0 unspecified atom stereocenters. The lowest BCUT2D eigenvalue weighted by Gasteiger charge is -2.11. The number of aryl methyl sites for hydroxylation is 3. The first-order valence-electron chi connectivity index (χ1n) is 5.66. The predicted octanol–water partition coefficient (Wildman–Crippen LogP) is 3.23. The molecule has 0 bridgehead atoms. The van der Waals surface area contributed by atoms with Crippen molar-refractivity contribution in [2.45, 2.75) is 25.0 Å². The van der Waals surface area contributed by atoms with Gasteiger partial charge in [0, 0.05) is 0 Å². The Morgan fingerprint density at radius 1 is 1.25 bits per heavy atom. The highest BCUT2D eigenvalue weighted by Gasteiger charge is 2.22. The quantitative estimate of drug-likeness (QED) is 0.846. The third-order valence-electron chi connectivity index (χ3n) is 2.76. The molecule has 0 aliphatic rings. The van der Waals surface area contributed by atoms with Crippen molar-refractivity contribution in [1.82, 2.24) is 4.98 Å². The number of benzene rings is 1. The monoisotopic (exact) mass is 332 g/mol. The van der Waals surface area contributed by atoms with Crippen LogP contribution >= 0.6 is 22.9 Å². The van der Waals surface area contributed by atoms with Crippen LogP contribution in [0.15, 0.2) is 16.3 Å². The largest absolute Gasteiger partial charge is 0.508 e. The molecule has 0 atom stereocenters. The first-order chi connectivity index (χ1) is 9.20. The molecule has 20 heavy (non-hydrogen) atoms. The highest BCUT2D eigenvalue weighted by molar-refractivity contribution is 7.94. The maximum atomic E-state index is 12.3. The van der Waals surface area contributed by atoms with Gasteiger partial charge in [-0.15, -0.1) is 0 Å². The van der Waals surface area contributed by atoms with Gasteiger partial charge in [0.25, 0.3) is 10.0 Å². The second-order valence-corrected chi connectivity index (χ2v) is 7.86. The van der Waals surface area contributed by atoms with Gasteiger partial charge in [0.15, 0.2) is 8.68 Å². The molecule has 0 amide bonds. The molecule has 0 spiro atoms. The maximum absolute atomic E-state index is 12.3. The topological polar surface area (TPSA) is 79.3 Å². The van der Waals surface area contributed by atoms with E-state index >= 15 is 0 Å². The molecule has 0 aliphatic carbocycles. The molecule has 0 saturated carbocycles. The second kappa shape index (κ2) is 5.23. The maximum Gasteiger partial charge on any atom is 0.273 e. The molecule has 1 heterocycles. The van der Waals surface area contributed by atoms with Gasteiger partial charge in [0.1, 0.15) is 5.75 Å². The van der Waals surface area contributed by atoms with E-state index in [4.69, 9.17) is 11.6 Å². The summed E-state index contributed by atoms with van der Waals surface area (Å²) < 4.78 is 27.4. The molecule has 5 nitrogen and oxygen atoms in total. The lowest BCUT2D eigenvalue weighted by atomic mass is 10.1. The van der Waals surface area contributed by atoms with Crippen molar-refractivity contribution in [3.8, 4) is 5.75 Å². The normalized spacial score (nSPS) is 11.6. The zero-order valence-corrected chi connectivity index (χ0v) is 13.4. The first kappa shape index (κ1) is 15.1. The van der Waals surface area contributed by atoms with Gasteiger partial charge in [-0.2, -0.15) is 0 Å². The highest BCUT2D eigenvalue weighted by Crippen LogP contribution is 2.31. The predicted molar refractivity (Wildman–Crippen MR) is 80.3 cm³/mol. The SMILES string of the molecule is Cc1cc(NS(=O)(=O)c2sc(Cl)nc2C)c(C)cc1O. The molecule has 2 N–H and O–H groups in total. The van der Waals surface area contributed by atoms with Crippen LogP contribution in [0.2, 0.25) is 4.47 Å². The number of nitrogens with zero attached hydrogens (tertiary/aromatic N) is 1. The number of hydrogen-bond donors (Lipinski definition) is 2. The smallest absolute Gasteiger partial charge is 0.273 e. The molecule has 2 aromatic rings. The minimum Gasteiger partial charge on any atom is -0.508 e. The standard InChI is InChI=1S/C12H13ClN2O3S2/c1-6-5-10(16)7(2)4-9(6)15-20(17,18)11-8(3)14-12(13)19-11/h4-5,15-16H,1-3H3. The van der Waals surface area contributed by atoms with Crippen molar-refractivity contribution in [2.24, 2.45) is 0 Å². The van der Waals surface area contributed by atoms with Crippen LogP contribution in [0.4, 0.5) is 5.69 Å². The van der Waals surface area contributed by atoms with E-state index in [1.807, 2.05) is 0 Å². The van der Waals surface area contributed by atoms with E-state index in [1.54, 1.807) is 26.8 Å². The summed E-state index contributed by atoms with van der Waals surface area (Å²) in [7, 11) is -3.74. The van der Waals surface area contributed by atoms with E-state index in [1.165, 1.54) is 6.07 Å². The van der Waals surface area contributed by atoms with Crippen molar-refractivity contribution in [2.75, 3.05) is 4.72 Å². The molecule has 1 aromatic carbocycles. The Balaban J connectivity index is 2.43. The number of sulfonamides is 1. The number of aromatic hydroxyl groups is 1. The lowest BCUT2D eigenvalue weighted by molar-refractivity contribution is 0.471. The van der Waals surface area contributed by atoms with Crippen molar-refractivity contribution >= 4 is 38.6 Å². The number of anilines is 1. The summed E-state index contributed by atoms with van der Waals surface area (Å²) in [5, 5.41) is 9.58. The summed E-state index contributed by atoms with van der Waals surface area (Å²) in [4.78, 5) is 3.90. The molecule has 1 aromatic heterocycles. The van der Waals surface area contributed by atoms with Crippen molar-refractivity contribution < 1.29 is 13.5 Å². The minimum absolute atomic E-state index is 0.0904. The molecule has 108 valence electrons. The minimum atomic E-state index is -3.74. The molecule has 8 heteroatoms. The number of rotatable bonds is 3. The van der Waals surface area contributed by atoms with Crippen molar-refractivity contribution in [1.29, 1.82) is 0 Å². The summed E-state index contributed by atoms with van der Waals surface area (Å²) in [6.45, 7) is 5.00. The lowest BCUT2D eigenvalue weighted by Crippen LogP contribution is -2.13. The van der Waals surface area contributed by atoms with Crippen LogP contribution < -0.4 is 4.72 Å². The van der Waals surface area contributed by atoms with Gasteiger partial charge in [-0.3, -0.25) is 4.72 Å². The number of nitrogens with one attached hydrogen (secondary N) is 1. The number of phenols is 1. The summed E-state index contributed by atoms with van der Waals surface area (Å²) in [6.07, 6.45) is 0. The van der Waals surface area contributed by atoms with E-state index in [0.717, 1.165) is 11.3 Å². The zero-order chi connectivity index (χ0) is 15.1. The molecule has 0 fully saturated rings. The molecule has 0 saturated heterocycles. The molecular weight excluding hydrogens is 320 g/mol. The van der Waals surface area contributed by atoms with Crippen molar-refractivity contribution in [3.63, 3.8) is 0 Å². The fraction of sp³-hybridized carbons (Fsp3) is 0.250. The third-order valence-corrected chi connectivity index (χ3v) is 6.00. The summed E-state index contributed by atoms with van der Waals surface area (Å²) >= 11 is 6.64. The average molecular weight is 333 g/mol. The van der Waals surface area contributed by atoms with Crippen LogP contribution in [-0.2, 0) is 10.0 Å². The van der Waals surface area contributed by atoms with Crippen LogP contribution in [0.1, 0.15) is 16.8 Å². The fourth-order valence-electron chi connectivity index (χ4n) is 1.70. The Morgan fingerprint density at radius 2 is 1.90 bits per heavy atom. The van der Waals surface area contributed by atoms with Gasteiger partial charge in [-0.25, -0.2) is 13.4 Å². The summed E-state index contributed by atoms with van der Waals surface area (Å²) in [5.74, 6) is 0.127. The van der Waals surface area contributed by atoms with Gasteiger partial charge in [0.05, 0.1) is 11.4 Å². The first-order valence-corrected chi connectivity index (χ1v) is 8.34. The van der Waals surface area contributed by atoms with Crippen LogP contribution in [0.3, 0.4) is 0 Å². The second-order valence-electron chi connectivity index (χ2n) is 4.40. The van der Waals surface area contributed by atoms with Gasteiger partial charge in [-0.1, -0.05) is 22.9 Å². The average Bonchev–Trinajstić information content (AvgIpc) is 2.66. The zero-order valence-electron chi connectivity index (χ0n) is 11.1. The van der Waals surface area contributed by atoms with Gasteiger partial charge in [0.2, 0.25) is 0 Å². The number of thiazole rings is 1. The molecule has 0 radical (unpaired) electrons. The number of aromatic nitrogens is 1. The summed E-state index contributed by atoms with van der Waals surface area (Å²) in [6, 6.07) is 3.10. The van der Waals surface area contributed by atoms with Gasteiger partial charge >= 0.3 is 0 Å². The number of hydrogen-bond acceptors (Lipinski definition) is 5. The fourth-order valence-corrected chi connectivity index (χ4v) is 4.56. The Kier molecular flexibility index (Phi) is 3.95. The van der Waals surface area contributed by atoms with Gasteiger partial charge in [-0.05, 0) is 44.0 Å². The van der Waals surface area contributed by atoms with Crippen LogP contribution in [0.5, 0.6) is 5.75 Å². The van der Waals surface area contributed by atoms with E-state index < -0.39 is 10.0 Å². The summed E-state index contributed by atoms with van der Waals surface area (Å²) in [5.41, 5.74) is 2.00. The number of phenolic OH excluding ortho intramolecular Hbond substituents is 1. The van der Waals surface area contributed by atoms with E-state index in [9.17, 15) is 13.5 Å². The highest BCUT2D eigenvalue weighted by atomic mass is 35.5. The van der Waals surface area contributed by atoms with E-state index in [2.05, 4.69) is 9.71 Å². The van der Waals surface area contributed by atoms with Crippen LogP contribution in [0, 0.1) is 20.8 Å². The Bertz CT molecular complexity index is 769. The Labute approximate surface area is 126 Å². The van der Waals surface area contributed by atoms with Crippen LogP contribution in [-0.4, -0.2) is 18.5 Å². The number of halogens is 1. The van der Waals surface area contributed by atoms with Crippen LogP contribution in [0.25, 0.3) is 0 Å². The Morgan fingerprint density at radius 3 is 2.45 bits per heavy atom. The van der Waals surface area contributed by atoms with E-state index in [0.29, 0.717) is 22.5 Å². The third kappa shape index (κ3) is 2.89. The molecule has 2 rings (SSSR count). The van der Waals surface area contributed by atoms with Gasteiger partial charge < -0.3 is 5.11 Å².